The third-order valence-electron chi connectivity index (χ3n) is 8.65. The molecule has 2 atom stereocenters. The van der Waals surface area contributed by atoms with Crippen LogP contribution in [0, 0.1) is 11.8 Å². The van der Waals surface area contributed by atoms with E-state index < -0.39 is 0 Å². The molecule has 3 aromatic heterocycles. The quantitative estimate of drug-likeness (QED) is 0.185. The van der Waals surface area contributed by atoms with Gasteiger partial charge in [-0.2, -0.15) is 0 Å². The molecule has 40 heavy (non-hydrogen) atoms. The highest BCUT2D eigenvalue weighted by Crippen LogP contribution is 2.40. The van der Waals surface area contributed by atoms with Crippen LogP contribution in [0.25, 0.3) is 56.6 Å². The molecule has 8 bridgehead atoms. The predicted octanol–water partition coefficient (Wildman–Crippen LogP) is 6.45. The van der Waals surface area contributed by atoms with E-state index in [1.807, 2.05) is 0 Å². The Balaban J connectivity index is 1.42. The SMILES string of the molecule is C1=CC2C3=Cc4[nH]c(c5ccccc45)C=c4[nH]c(c5ccccc45)=Cc4[nH]c(c5ccccc45)C=C(N3)C2C=C1. The van der Waals surface area contributed by atoms with Crippen LogP contribution in [0.3, 0.4) is 0 Å². The van der Waals surface area contributed by atoms with Crippen LogP contribution in [0.5, 0.6) is 0 Å². The zero-order chi connectivity index (χ0) is 26.2. The molecule has 3 aliphatic rings. The molecule has 1 fully saturated rings. The van der Waals surface area contributed by atoms with Crippen LogP contribution in [-0.2, 0) is 0 Å². The topological polar surface area (TPSA) is 59.4 Å². The second-order valence-electron chi connectivity index (χ2n) is 10.9. The van der Waals surface area contributed by atoms with Crippen LogP contribution in [0.15, 0.2) is 108 Å². The maximum atomic E-state index is 3.82. The van der Waals surface area contributed by atoms with Gasteiger partial charge in [0.1, 0.15) is 0 Å². The zero-order valence-corrected chi connectivity index (χ0v) is 21.7. The summed E-state index contributed by atoms with van der Waals surface area (Å²) in [7, 11) is 0. The summed E-state index contributed by atoms with van der Waals surface area (Å²) in [6, 6.07) is 25.9. The summed E-state index contributed by atoms with van der Waals surface area (Å²) in [5.74, 6) is 0.534. The fourth-order valence-electron chi connectivity index (χ4n) is 6.78. The van der Waals surface area contributed by atoms with Gasteiger partial charge in [-0.3, -0.25) is 0 Å². The molecule has 4 nitrogen and oxygen atoms in total. The average molecular weight is 515 g/mol. The number of fused-ring (bicyclic) bond motifs is 20. The van der Waals surface area contributed by atoms with Crippen molar-refractivity contribution in [1.82, 2.24) is 20.3 Å². The standard InChI is InChI=1S/C36H26N4/c1-2-10-22-21(9-1)29-17-31-23-11-3-4-12-24(23)33(38-31)19-35-27-15-7-8-16-28(27)36(40-35)20-34-26-14-6-5-13-25(26)32(39-34)18-30(22)37-29/h1-22,37-40H. The molecule has 1 aliphatic carbocycles. The van der Waals surface area contributed by atoms with E-state index in [4.69, 9.17) is 0 Å². The molecule has 4 N–H and O–H groups in total. The van der Waals surface area contributed by atoms with Gasteiger partial charge in [0.15, 0.2) is 0 Å². The first-order chi connectivity index (χ1) is 19.8. The highest BCUT2D eigenvalue weighted by Gasteiger charge is 2.33. The number of hydrogen-bond donors (Lipinski definition) is 4. The minimum Gasteiger partial charge on any atom is -0.361 e. The van der Waals surface area contributed by atoms with Crippen molar-refractivity contribution in [2.45, 2.75) is 0 Å². The summed E-state index contributed by atoms with van der Waals surface area (Å²) in [5.41, 5.74) is 6.86. The van der Waals surface area contributed by atoms with Crippen LogP contribution in [-0.4, -0.2) is 15.0 Å². The van der Waals surface area contributed by atoms with Crippen molar-refractivity contribution in [3.8, 4) is 0 Å². The maximum absolute atomic E-state index is 3.82. The van der Waals surface area contributed by atoms with Crippen molar-refractivity contribution >= 4 is 56.6 Å². The van der Waals surface area contributed by atoms with Crippen molar-refractivity contribution in [3.63, 3.8) is 0 Å². The Hall–Kier alpha value is -5.22. The van der Waals surface area contributed by atoms with Crippen molar-refractivity contribution < 1.29 is 0 Å². The van der Waals surface area contributed by atoms with Crippen molar-refractivity contribution in [2.24, 2.45) is 11.8 Å². The molecule has 0 spiro atoms. The Morgan fingerprint density at radius 1 is 0.400 bits per heavy atom. The summed E-state index contributed by atoms with van der Waals surface area (Å²) in [6.07, 6.45) is 18.1. The Morgan fingerprint density at radius 3 is 1.20 bits per heavy atom. The second kappa shape index (κ2) is 8.14. The largest absolute Gasteiger partial charge is 0.361 e. The number of rotatable bonds is 0. The number of aromatic nitrogens is 3. The molecular formula is C36H26N4. The van der Waals surface area contributed by atoms with Gasteiger partial charge in [-0.05, 0) is 24.3 Å². The Morgan fingerprint density at radius 2 is 0.775 bits per heavy atom. The van der Waals surface area contributed by atoms with Crippen LogP contribution >= 0.6 is 0 Å². The first-order valence-electron chi connectivity index (χ1n) is 13.9. The lowest BCUT2D eigenvalue weighted by Crippen LogP contribution is -2.10. The zero-order valence-electron chi connectivity index (χ0n) is 21.7. The van der Waals surface area contributed by atoms with Gasteiger partial charge >= 0.3 is 0 Å². The van der Waals surface area contributed by atoms with E-state index in [-0.39, 0.29) is 11.8 Å². The summed E-state index contributed by atoms with van der Waals surface area (Å²) in [4.78, 5) is 11.3. The number of H-pyrrole nitrogens is 3. The summed E-state index contributed by atoms with van der Waals surface area (Å²) < 4.78 is 0. The first kappa shape index (κ1) is 21.7. The number of aromatic amines is 3. The smallest absolute Gasteiger partial charge is 0.0485 e. The third kappa shape index (κ3) is 3.13. The molecular weight excluding hydrogens is 488 g/mol. The summed E-state index contributed by atoms with van der Waals surface area (Å²) in [5, 5.41) is 13.3. The van der Waals surface area contributed by atoms with Crippen molar-refractivity contribution in [3.05, 3.63) is 142 Å². The molecule has 5 heterocycles. The van der Waals surface area contributed by atoms with Crippen LogP contribution in [0.1, 0.15) is 22.8 Å². The molecule has 4 heteroatoms. The van der Waals surface area contributed by atoms with Crippen LogP contribution < -0.4 is 16.0 Å². The van der Waals surface area contributed by atoms with Gasteiger partial charge in [-0.25, -0.2) is 0 Å². The van der Waals surface area contributed by atoms with E-state index in [0.717, 1.165) is 33.5 Å². The second-order valence-corrected chi connectivity index (χ2v) is 10.9. The lowest BCUT2D eigenvalue weighted by atomic mass is 9.87. The highest BCUT2D eigenvalue weighted by molar-refractivity contribution is 5.99. The van der Waals surface area contributed by atoms with E-state index >= 15 is 0 Å². The molecule has 3 aromatic carbocycles. The molecule has 2 unspecified atom stereocenters. The van der Waals surface area contributed by atoms with Gasteiger partial charge in [-0.1, -0.05) is 97.1 Å². The molecule has 9 rings (SSSR count). The molecule has 0 saturated carbocycles. The van der Waals surface area contributed by atoms with Crippen LogP contribution in [0.4, 0.5) is 0 Å². The van der Waals surface area contributed by atoms with Crippen molar-refractivity contribution in [2.75, 3.05) is 0 Å². The van der Waals surface area contributed by atoms with Crippen molar-refractivity contribution in [1.29, 1.82) is 0 Å². The number of nitrogens with one attached hydrogen (secondary N) is 4. The van der Waals surface area contributed by atoms with E-state index in [1.165, 1.54) is 43.7 Å². The van der Waals surface area contributed by atoms with E-state index in [1.54, 1.807) is 0 Å². The van der Waals surface area contributed by atoms with Gasteiger partial charge in [0, 0.05) is 89.0 Å². The minimum absolute atomic E-state index is 0.267. The molecule has 0 amide bonds. The van der Waals surface area contributed by atoms with Crippen LogP contribution in [0.2, 0.25) is 0 Å². The Kier molecular flexibility index (Phi) is 4.41. The summed E-state index contributed by atoms with van der Waals surface area (Å²) >= 11 is 0. The highest BCUT2D eigenvalue weighted by atomic mass is 15.0. The Labute approximate surface area is 230 Å². The fraction of sp³-hybridized carbons (Fsp3) is 0.0556. The molecule has 1 saturated heterocycles. The predicted molar refractivity (Wildman–Crippen MR) is 166 cm³/mol. The fourth-order valence-corrected chi connectivity index (χ4v) is 6.78. The minimum atomic E-state index is 0.267. The monoisotopic (exact) mass is 514 g/mol. The van der Waals surface area contributed by atoms with Gasteiger partial charge in [0.05, 0.1) is 0 Å². The van der Waals surface area contributed by atoms with Gasteiger partial charge in [0.2, 0.25) is 0 Å². The normalized spacial score (nSPS) is 19.2. The lowest BCUT2D eigenvalue weighted by Gasteiger charge is -2.15. The van der Waals surface area contributed by atoms with Gasteiger partial charge in [0.25, 0.3) is 0 Å². The molecule has 6 aromatic rings. The van der Waals surface area contributed by atoms with E-state index in [9.17, 15) is 0 Å². The van der Waals surface area contributed by atoms with Gasteiger partial charge < -0.3 is 20.3 Å². The molecule has 190 valence electrons. The van der Waals surface area contributed by atoms with E-state index in [0.29, 0.717) is 0 Å². The average Bonchev–Trinajstić information content (AvgIpc) is 3.73. The third-order valence-corrected chi connectivity index (χ3v) is 8.65. The number of benzene rings is 3. The Bertz CT molecular complexity index is 2100. The maximum Gasteiger partial charge on any atom is 0.0485 e. The van der Waals surface area contributed by atoms with E-state index in [2.05, 4.69) is 142 Å². The number of allylic oxidation sites excluding steroid dienone is 4. The molecule has 2 aliphatic heterocycles. The summed E-state index contributed by atoms with van der Waals surface area (Å²) in [6.45, 7) is 0. The first-order valence-corrected chi connectivity index (χ1v) is 13.9. The lowest BCUT2D eigenvalue weighted by molar-refractivity contribution is 0.672. The molecule has 0 radical (unpaired) electrons. The number of hydrogen-bond acceptors (Lipinski definition) is 1. The van der Waals surface area contributed by atoms with Gasteiger partial charge in [-0.15, -0.1) is 0 Å².